The largest absolute Gasteiger partial charge is 0.368 e. The van der Waals surface area contributed by atoms with Gasteiger partial charge in [0.1, 0.15) is 0 Å². The van der Waals surface area contributed by atoms with Crippen LogP contribution >= 0.6 is 0 Å². The lowest BCUT2D eigenvalue weighted by atomic mass is 10.1. The first-order valence-corrected chi connectivity index (χ1v) is 6.23. The molecule has 1 aromatic carbocycles. The minimum Gasteiger partial charge on any atom is -0.368 e. The van der Waals surface area contributed by atoms with E-state index < -0.39 is 0 Å². The Kier molecular flexibility index (Phi) is 3.96. The van der Waals surface area contributed by atoms with E-state index in [0.717, 1.165) is 32.4 Å². The van der Waals surface area contributed by atoms with Gasteiger partial charge < -0.3 is 5.73 Å². The molecule has 1 fully saturated rings. The molecule has 0 spiro atoms. The topological polar surface area (TPSA) is 70.1 Å². The summed E-state index contributed by atoms with van der Waals surface area (Å²) in [5.41, 5.74) is 7.24. The van der Waals surface area contributed by atoms with E-state index in [1.54, 1.807) is 0 Å². The Morgan fingerprint density at radius 2 is 2.17 bits per heavy atom. The van der Waals surface area contributed by atoms with Gasteiger partial charge in [0.25, 0.3) is 0 Å². The van der Waals surface area contributed by atoms with E-state index in [1.165, 1.54) is 5.56 Å². The molecule has 0 bridgehead atoms. The first-order chi connectivity index (χ1) is 8.70. The monoisotopic (exact) mass is 243 g/mol. The molecule has 0 aliphatic carbocycles. The van der Waals surface area contributed by atoms with Gasteiger partial charge in [-0.2, -0.15) is 5.26 Å². The predicted molar refractivity (Wildman–Crippen MR) is 68.7 cm³/mol. The summed E-state index contributed by atoms with van der Waals surface area (Å²) >= 11 is 0. The number of nitrogens with two attached hydrogens (primary N) is 1. The van der Waals surface area contributed by atoms with Crippen LogP contribution in [-0.2, 0) is 11.2 Å². The van der Waals surface area contributed by atoms with Gasteiger partial charge in [0.15, 0.2) is 0 Å². The van der Waals surface area contributed by atoms with Crippen LogP contribution in [0.1, 0.15) is 24.0 Å². The maximum absolute atomic E-state index is 11.3. The van der Waals surface area contributed by atoms with Crippen LogP contribution in [0.25, 0.3) is 0 Å². The number of amides is 1. The molecular formula is C14H17N3O. The van der Waals surface area contributed by atoms with Crippen LogP contribution in [0.5, 0.6) is 0 Å². The second kappa shape index (κ2) is 5.65. The Morgan fingerprint density at radius 3 is 2.78 bits per heavy atom. The number of hydrogen-bond acceptors (Lipinski definition) is 3. The lowest BCUT2D eigenvalue weighted by molar-refractivity contribution is -0.122. The SMILES string of the molecule is N#Cc1ccc(CCN2CCCC2C(N)=O)cc1. The van der Waals surface area contributed by atoms with Crippen LogP contribution < -0.4 is 5.73 Å². The van der Waals surface area contributed by atoms with Gasteiger partial charge in [0.2, 0.25) is 5.91 Å². The van der Waals surface area contributed by atoms with Crippen molar-refractivity contribution in [3.05, 3.63) is 35.4 Å². The van der Waals surface area contributed by atoms with Crippen molar-refractivity contribution in [1.82, 2.24) is 4.90 Å². The first kappa shape index (κ1) is 12.6. The maximum atomic E-state index is 11.3. The molecule has 2 rings (SSSR count). The third-order valence-electron chi connectivity index (χ3n) is 3.46. The van der Waals surface area contributed by atoms with Gasteiger partial charge in [-0.1, -0.05) is 12.1 Å². The standard InChI is InChI=1S/C14H17N3O/c15-10-12-5-3-11(4-6-12)7-9-17-8-1-2-13(17)14(16)18/h3-6,13H,1-2,7-9H2,(H2,16,18). The van der Waals surface area contributed by atoms with Gasteiger partial charge in [-0.3, -0.25) is 9.69 Å². The van der Waals surface area contributed by atoms with E-state index in [-0.39, 0.29) is 11.9 Å². The molecule has 1 amide bonds. The Balaban J connectivity index is 1.91. The van der Waals surface area contributed by atoms with Crippen LogP contribution in [0.2, 0.25) is 0 Å². The number of likely N-dealkylation sites (tertiary alicyclic amines) is 1. The molecule has 1 unspecified atom stereocenters. The number of benzene rings is 1. The lowest BCUT2D eigenvalue weighted by Gasteiger charge is -2.21. The minimum atomic E-state index is -0.215. The average Bonchev–Trinajstić information content (AvgIpc) is 2.85. The zero-order valence-corrected chi connectivity index (χ0v) is 10.3. The molecule has 1 atom stereocenters. The molecular weight excluding hydrogens is 226 g/mol. The second-order valence-electron chi connectivity index (χ2n) is 4.66. The fraction of sp³-hybridized carbons (Fsp3) is 0.429. The van der Waals surface area contributed by atoms with Crippen molar-refractivity contribution in [1.29, 1.82) is 5.26 Å². The number of rotatable bonds is 4. The fourth-order valence-electron chi connectivity index (χ4n) is 2.43. The summed E-state index contributed by atoms with van der Waals surface area (Å²) in [4.78, 5) is 13.4. The van der Waals surface area contributed by atoms with Crippen molar-refractivity contribution in [2.45, 2.75) is 25.3 Å². The zero-order valence-electron chi connectivity index (χ0n) is 10.3. The summed E-state index contributed by atoms with van der Waals surface area (Å²) in [5.74, 6) is -0.215. The van der Waals surface area contributed by atoms with Gasteiger partial charge in [0, 0.05) is 6.54 Å². The molecule has 1 saturated heterocycles. The molecule has 1 aliphatic heterocycles. The van der Waals surface area contributed by atoms with E-state index >= 15 is 0 Å². The number of nitriles is 1. The van der Waals surface area contributed by atoms with Crippen molar-refractivity contribution in [3.63, 3.8) is 0 Å². The van der Waals surface area contributed by atoms with Crippen LogP contribution in [0.15, 0.2) is 24.3 Å². The molecule has 94 valence electrons. The minimum absolute atomic E-state index is 0.0941. The Morgan fingerprint density at radius 1 is 1.44 bits per heavy atom. The van der Waals surface area contributed by atoms with Crippen LogP contribution in [-0.4, -0.2) is 29.9 Å². The summed E-state index contributed by atoms with van der Waals surface area (Å²) < 4.78 is 0. The van der Waals surface area contributed by atoms with Gasteiger partial charge in [-0.15, -0.1) is 0 Å². The molecule has 1 heterocycles. The van der Waals surface area contributed by atoms with E-state index in [4.69, 9.17) is 11.0 Å². The molecule has 0 aromatic heterocycles. The lowest BCUT2D eigenvalue weighted by Crippen LogP contribution is -2.41. The second-order valence-corrected chi connectivity index (χ2v) is 4.66. The van der Waals surface area contributed by atoms with Gasteiger partial charge in [0.05, 0.1) is 17.7 Å². The zero-order chi connectivity index (χ0) is 13.0. The summed E-state index contributed by atoms with van der Waals surface area (Å²) in [5, 5.41) is 8.72. The highest BCUT2D eigenvalue weighted by Crippen LogP contribution is 2.17. The quantitative estimate of drug-likeness (QED) is 0.859. The third kappa shape index (κ3) is 2.88. The summed E-state index contributed by atoms with van der Waals surface area (Å²) in [6, 6.07) is 9.59. The van der Waals surface area contributed by atoms with Gasteiger partial charge in [-0.25, -0.2) is 0 Å². The number of carbonyl (C=O) groups excluding carboxylic acids is 1. The summed E-state index contributed by atoms with van der Waals surface area (Å²) in [6.45, 7) is 1.80. The fourth-order valence-corrected chi connectivity index (χ4v) is 2.43. The van der Waals surface area contributed by atoms with Crippen LogP contribution in [0.4, 0.5) is 0 Å². The van der Waals surface area contributed by atoms with Crippen LogP contribution in [0, 0.1) is 11.3 Å². The Labute approximate surface area is 107 Å². The van der Waals surface area contributed by atoms with Crippen molar-refractivity contribution in [3.8, 4) is 6.07 Å². The normalized spacial score (nSPS) is 19.6. The molecule has 0 radical (unpaired) electrons. The number of primary amides is 1. The van der Waals surface area contributed by atoms with Gasteiger partial charge in [-0.05, 0) is 43.5 Å². The molecule has 2 N–H and O–H groups in total. The highest BCUT2D eigenvalue weighted by atomic mass is 16.1. The number of carbonyl (C=O) groups is 1. The first-order valence-electron chi connectivity index (χ1n) is 6.23. The van der Waals surface area contributed by atoms with Crippen molar-refractivity contribution >= 4 is 5.91 Å². The van der Waals surface area contributed by atoms with E-state index in [2.05, 4.69) is 11.0 Å². The molecule has 4 heteroatoms. The highest BCUT2D eigenvalue weighted by molar-refractivity contribution is 5.80. The van der Waals surface area contributed by atoms with Crippen molar-refractivity contribution in [2.75, 3.05) is 13.1 Å². The maximum Gasteiger partial charge on any atom is 0.234 e. The number of nitrogens with zero attached hydrogens (tertiary/aromatic N) is 2. The van der Waals surface area contributed by atoms with Crippen molar-refractivity contribution in [2.24, 2.45) is 5.73 Å². The van der Waals surface area contributed by atoms with E-state index in [0.29, 0.717) is 5.56 Å². The van der Waals surface area contributed by atoms with E-state index in [9.17, 15) is 4.79 Å². The Bertz CT molecular complexity index is 461. The summed E-state index contributed by atoms with van der Waals surface area (Å²) in [7, 11) is 0. The highest BCUT2D eigenvalue weighted by Gasteiger charge is 2.28. The average molecular weight is 243 g/mol. The third-order valence-corrected chi connectivity index (χ3v) is 3.46. The molecule has 1 aromatic rings. The smallest absolute Gasteiger partial charge is 0.234 e. The molecule has 1 aliphatic rings. The van der Waals surface area contributed by atoms with Crippen LogP contribution in [0.3, 0.4) is 0 Å². The van der Waals surface area contributed by atoms with Gasteiger partial charge >= 0.3 is 0 Å². The molecule has 4 nitrogen and oxygen atoms in total. The summed E-state index contributed by atoms with van der Waals surface area (Å²) in [6.07, 6.45) is 2.80. The Hall–Kier alpha value is -1.86. The number of hydrogen-bond donors (Lipinski definition) is 1. The van der Waals surface area contributed by atoms with Crippen molar-refractivity contribution < 1.29 is 4.79 Å². The van der Waals surface area contributed by atoms with E-state index in [1.807, 2.05) is 24.3 Å². The molecule has 0 saturated carbocycles. The predicted octanol–water partition coefficient (Wildman–Crippen LogP) is 1.05. The molecule has 18 heavy (non-hydrogen) atoms.